The van der Waals surface area contributed by atoms with Crippen molar-refractivity contribution in [1.82, 2.24) is 25.6 Å². The summed E-state index contributed by atoms with van der Waals surface area (Å²) in [5.41, 5.74) is 2.74. The fourth-order valence-electron chi connectivity index (χ4n) is 3.31. The molecular weight excluding hydrogens is 425 g/mol. The van der Waals surface area contributed by atoms with Crippen LogP contribution in [0.4, 0.5) is 27.5 Å². The van der Waals surface area contributed by atoms with Gasteiger partial charge in [0.2, 0.25) is 11.9 Å². The number of anilines is 4. The van der Waals surface area contributed by atoms with Crippen molar-refractivity contribution in [3.63, 3.8) is 0 Å². The van der Waals surface area contributed by atoms with Crippen LogP contribution in [0.3, 0.4) is 0 Å². The summed E-state index contributed by atoms with van der Waals surface area (Å²) in [7, 11) is 1.54. The van der Waals surface area contributed by atoms with Crippen LogP contribution in [0.1, 0.15) is 22.8 Å². The van der Waals surface area contributed by atoms with Gasteiger partial charge in [0.25, 0.3) is 5.91 Å². The number of amides is 2. The van der Waals surface area contributed by atoms with E-state index in [1.807, 2.05) is 24.3 Å². The molecule has 2 heterocycles. The second kappa shape index (κ2) is 9.35. The SMILES string of the molecule is CNC(=O)c1ccccc1Nc1nc(Nc2cccc(CNC(C)=O)c2)nc2[nH]cc(F)c12. The zero-order chi connectivity index (χ0) is 23.4. The smallest absolute Gasteiger partial charge is 0.253 e. The van der Waals surface area contributed by atoms with Gasteiger partial charge >= 0.3 is 0 Å². The van der Waals surface area contributed by atoms with Crippen molar-refractivity contribution in [2.75, 3.05) is 17.7 Å². The molecule has 0 aliphatic heterocycles. The second-order valence-electron chi connectivity index (χ2n) is 7.24. The van der Waals surface area contributed by atoms with Crippen LogP contribution in [-0.4, -0.2) is 33.8 Å². The highest BCUT2D eigenvalue weighted by Gasteiger charge is 2.17. The van der Waals surface area contributed by atoms with Crippen LogP contribution >= 0.6 is 0 Å². The highest BCUT2D eigenvalue weighted by atomic mass is 19.1. The van der Waals surface area contributed by atoms with Gasteiger partial charge in [-0.05, 0) is 29.8 Å². The first-order chi connectivity index (χ1) is 15.9. The minimum atomic E-state index is -0.520. The van der Waals surface area contributed by atoms with E-state index in [1.54, 1.807) is 24.3 Å². The molecule has 0 saturated heterocycles. The van der Waals surface area contributed by atoms with E-state index in [1.165, 1.54) is 20.2 Å². The lowest BCUT2D eigenvalue weighted by molar-refractivity contribution is -0.119. The number of rotatable bonds is 7. The van der Waals surface area contributed by atoms with E-state index in [0.29, 0.717) is 29.1 Å². The number of nitrogens with zero attached hydrogens (tertiary/aromatic N) is 2. The first-order valence-corrected chi connectivity index (χ1v) is 10.2. The van der Waals surface area contributed by atoms with Crippen molar-refractivity contribution in [2.24, 2.45) is 0 Å². The Morgan fingerprint density at radius 2 is 1.88 bits per heavy atom. The molecule has 0 saturated carbocycles. The van der Waals surface area contributed by atoms with Gasteiger partial charge in [-0.1, -0.05) is 24.3 Å². The number of aromatic nitrogens is 3. The van der Waals surface area contributed by atoms with Crippen molar-refractivity contribution < 1.29 is 14.0 Å². The molecule has 0 spiro atoms. The Kier molecular flexibility index (Phi) is 6.16. The van der Waals surface area contributed by atoms with E-state index in [-0.39, 0.29) is 29.0 Å². The van der Waals surface area contributed by atoms with Gasteiger partial charge in [0, 0.05) is 32.4 Å². The Hall–Kier alpha value is -4.47. The van der Waals surface area contributed by atoms with Crippen LogP contribution < -0.4 is 21.3 Å². The van der Waals surface area contributed by atoms with Gasteiger partial charge in [0.05, 0.1) is 16.6 Å². The highest BCUT2D eigenvalue weighted by Crippen LogP contribution is 2.29. The fraction of sp³-hybridized carbons (Fsp3) is 0.130. The molecule has 0 unspecified atom stereocenters. The van der Waals surface area contributed by atoms with Crippen LogP contribution in [0.15, 0.2) is 54.7 Å². The molecule has 2 aromatic heterocycles. The zero-order valence-corrected chi connectivity index (χ0v) is 18.0. The summed E-state index contributed by atoms with van der Waals surface area (Å²) < 4.78 is 14.5. The first-order valence-electron chi connectivity index (χ1n) is 10.2. The number of aromatic amines is 1. The Bertz CT molecular complexity index is 1340. The highest BCUT2D eigenvalue weighted by molar-refractivity contribution is 6.01. The first kappa shape index (κ1) is 21.8. The predicted octanol–water partition coefficient (Wildman–Crippen LogP) is 3.58. The number of nitrogens with one attached hydrogen (secondary N) is 5. The van der Waals surface area contributed by atoms with Gasteiger partial charge < -0.3 is 26.3 Å². The topological polar surface area (TPSA) is 124 Å². The summed E-state index contributed by atoms with van der Waals surface area (Å²) in [4.78, 5) is 35.0. The molecule has 0 aliphatic carbocycles. The van der Waals surface area contributed by atoms with Crippen LogP contribution in [0, 0.1) is 5.82 Å². The van der Waals surface area contributed by atoms with E-state index < -0.39 is 5.82 Å². The molecule has 168 valence electrons. The summed E-state index contributed by atoms with van der Waals surface area (Å²) in [6.45, 7) is 1.84. The van der Waals surface area contributed by atoms with E-state index >= 15 is 0 Å². The molecule has 9 nitrogen and oxygen atoms in total. The maximum atomic E-state index is 14.5. The van der Waals surface area contributed by atoms with E-state index in [9.17, 15) is 14.0 Å². The summed E-state index contributed by atoms with van der Waals surface area (Å²) in [5, 5.41) is 11.7. The summed E-state index contributed by atoms with van der Waals surface area (Å²) in [6, 6.07) is 14.3. The van der Waals surface area contributed by atoms with E-state index in [0.717, 1.165) is 5.56 Å². The van der Waals surface area contributed by atoms with Crippen LogP contribution in [0.25, 0.3) is 11.0 Å². The second-order valence-corrected chi connectivity index (χ2v) is 7.24. The standard InChI is InChI=1S/C23H22FN7O2/c1-13(32)26-11-14-6-5-7-15(10-14)28-23-30-20-19(17(24)12-27-20)21(31-23)29-18-9-4-3-8-16(18)22(33)25-2/h3-10,12H,11H2,1-2H3,(H,25,33)(H,26,32)(H3,27,28,29,30,31). The molecule has 4 rings (SSSR count). The third-order valence-corrected chi connectivity index (χ3v) is 4.86. The number of halogens is 1. The Morgan fingerprint density at radius 3 is 2.67 bits per heavy atom. The van der Waals surface area contributed by atoms with Crippen molar-refractivity contribution >= 4 is 46.0 Å². The van der Waals surface area contributed by atoms with Gasteiger partial charge in [-0.2, -0.15) is 9.97 Å². The molecule has 10 heteroatoms. The molecule has 0 atom stereocenters. The largest absolute Gasteiger partial charge is 0.355 e. The molecule has 5 N–H and O–H groups in total. The quantitative estimate of drug-likeness (QED) is 0.295. The lowest BCUT2D eigenvalue weighted by Gasteiger charge is -2.13. The third kappa shape index (κ3) is 4.90. The fourth-order valence-corrected chi connectivity index (χ4v) is 3.31. The molecule has 2 aromatic carbocycles. The monoisotopic (exact) mass is 447 g/mol. The van der Waals surface area contributed by atoms with Crippen molar-refractivity contribution in [3.8, 4) is 0 Å². The molecule has 0 fully saturated rings. The molecule has 0 aliphatic rings. The van der Waals surface area contributed by atoms with Crippen molar-refractivity contribution in [1.29, 1.82) is 0 Å². The summed E-state index contributed by atoms with van der Waals surface area (Å²) in [6.07, 6.45) is 1.20. The number of benzene rings is 2. The summed E-state index contributed by atoms with van der Waals surface area (Å²) in [5.74, 6) is -0.502. The normalized spacial score (nSPS) is 10.6. The Morgan fingerprint density at radius 1 is 1.06 bits per heavy atom. The van der Waals surface area contributed by atoms with Gasteiger partial charge in [0.15, 0.2) is 5.82 Å². The average molecular weight is 447 g/mol. The molecule has 0 bridgehead atoms. The molecule has 33 heavy (non-hydrogen) atoms. The average Bonchev–Trinajstić information content (AvgIpc) is 3.18. The van der Waals surface area contributed by atoms with Gasteiger partial charge in [-0.3, -0.25) is 9.59 Å². The minimum absolute atomic E-state index is 0.122. The van der Waals surface area contributed by atoms with Gasteiger partial charge in [-0.15, -0.1) is 0 Å². The van der Waals surface area contributed by atoms with Crippen molar-refractivity contribution in [3.05, 3.63) is 71.7 Å². The molecule has 0 radical (unpaired) electrons. The third-order valence-electron chi connectivity index (χ3n) is 4.86. The van der Waals surface area contributed by atoms with Crippen LogP contribution in [0.5, 0.6) is 0 Å². The maximum Gasteiger partial charge on any atom is 0.253 e. The number of carbonyl (C=O) groups is 2. The minimum Gasteiger partial charge on any atom is -0.355 e. The van der Waals surface area contributed by atoms with Gasteiger partial charge in [0.1, 0.15) is 11.5 Å². The van der Waals surface area contributed by atoms with E-state index in [4.69, 9.17) is 0 Å². The lowest BCUT2D eigenvalue weighted by Crippen LogP contribution is -2.19. The summed E-state index contributed by atoms with van der Waals surface area (Å²) >= 11 is 0. The number of fused-ring (bicyclic) bond motifs is 1. The maximum absolute atomic E-state index is 14.5. The number of carbonyl (C=O) groups excluding carboxylic acids is 2. The van der Waals surface area contributed by atoms with Crippen LogP contribution in [0.2, 0.25) is 0 Å². The van der Waals surface area contributed by atoms with Crippen LogP contribution in [-0.2, 0) is 11.3 Å². The van der Waals surface area contributed by atoms with E-state index in [2.05, 4.69) is 36.2 Å². The van der Waals surface area contributed by atoms with Gasteiger partial charge in [-0.25, -0.2) is 4.39 Å². The molecule has 2 amide bonds. The number of hydrogen-bond acceptors (Lipinski definition) is 6. The Labute approximate surface area is 188 Å². The molecular formula is C23H22FN7O2. The predicted molar refractivity (Wildman–Crippen MR) is 124 cm³/mol. The number of H-pyrrole nitrogens is 1. The number of hydrogen-bond donors (Lipinski definition) is 5. The number of para-hydroxylation sites is 1. The van der Waals surface area contributed by atoms with Crippen molar-refractivity contribution in [2.45, 2.75) is 13.5 Å². The molecule has 4 aromatic rings. The Balaban J connectivity index is 1.68. The lowest BCUT2D eigenvalue weighted by atomic mass is 10.1. The zero-order valence-electron chi connectivity index (χ0n) is 18.0.